The predicted molar refractivity (Wildman–Crippen MR) is 139 cm³/mol. The zero-order valence-corrected chi connectivity index (χ0v) is 21.8. The number of carbonyl (C=O) groups is 2. The third kappa shape index (κ3) is 6.08. The summed E-state index contributed by atoms with van der Waals surface area (Å²) < 4.78 is 42.5. The summed E-state index contributed by atoms with van der Waals surface area (Å²) in [5.41, 5.74) is 13.2. The minimum absolute atomic E-state index is 0.0776. The van der Waals surface area contributed by atoms with E-state index in [1.165, 1.54) is 10.7 Å². The minimum atomic E-state index is -4.45. The number of hydrogen-bond acceptors (Lipinski definition) is 5. The van der Waals surface area contributed by atoms with E-state index < -0.39 is 17.6 Å². The van der Waals surface area contributed by atoms with Gasteiger partial charge in [-0.05, 0) is 63.1 Å². The molecule has 0 radical (unpaired) electrons. The molecule has 3 aromatic rings. The molecule has 1 aromatic carbocycles. The zero-order chi connectivity index (χ0) is 28.3. The largest absolute Gasteiger partial charge is 0.416 e. The SMILES string of the molecule is CC#CC(=O)N1CCCC(n2nc(-c3cn(Cc4cccc(C(F)(F)F)c4)nc3C)c(C(N)=O)c2N)CCC1. The highest BCUT2D eigenvalue weighted by Gasteiger charge is 2.31. The van der Waals surface area contributed by atoms with E-state index in [0.717, 1.165) is 12.1 Å². The summed E-state index contributed by atoms with van der Waals surface area (Å²) in [5, 5.41) is 9.13. The van der Waals surface area contributed by atoms with Gasteiger partial charge in [-0.3, -0.25) is 14.3 Å². The first-order valence-corrected chi connectivity index (χ1v) is 12.6. The van der Waals surface area contributed by atoms with Crippen LogP contribution in [0.3, 0.4) is 0 Å². The first kappa shape index (κ1) is 27.8. The third-order valence-corrected chi connectivity index (χ3v) is 6.79. The predicted octanol–water partition coefficient (Wildman–Crippen LogP) is 3.77. The van der Waals surface area contributed by atoms with Crippen LogP contribution in [0.1, 0.15) is 65.8 Å². The highest BCUT2D eigenvalue weighted by Crippen LogP contribution is 2.34. The first-order chi connectivity index (χ1) is 18.5. The molecule has 1 fully saturated rings. The van der Waals surface area contributed by atoms with Crippen LogP contribution in [0, 0.1) is 18.8 Å². The molecule has 0 unspecified atom stereocenters. The second-order valence-electron chi connectivity index (χ2n) is 9.55. The van der Waals surface area contributed by atoms with E-state index in [-0.39, 0.29) is 35.6 Å². The second kappa shape index (κ2) is 11.2. The number of rotatable bonds is 5. The molecule has 4 N–H and O–H groups in total. The van der Waals surface area contributed by atoms with E-state index in [1.807, 2.05) is 0 Å². The number of benzene rings is 1. The quantitative estimate of drug-likeness (QED) is 0.476. The van der Waals surface area contributed by atoms with Gasteiger partial charge in [0, 0.05) is 24.8 Å². The highest BCUT2D eigenvalue weighted by molar-refractivity contribution is 6.03. The molecular formula is C27H30F3N7O2. The fourth-order valence-corrected chi connectivity index (χ4v) is 4.95. The maximum atomic E-state index is 13.1. The molecule has 0 bridgehead atoms. The summed E-state index contributed by atoms with van der Waals surface area (Å²) in [6.07, 6.45) is -0.0468. The first-order valence-electron chi connectivity index (χ1n) is 12.6. The van der Waals surface area contributed by atoms with Crippen LogP contribution < -0.4 is 11.5 Å². The van der Waals surface area contributed by atoms with Crippen LogP contribution in [0.15, 0.2) is 30.5 Å². The lowest BCUT2D eigenvalue weighted by molar-refractivity contribution is -0.137. The van der Waals surface area contributed by atoms with Crippen molar-refractivity contribution in [1.82, 2.24) is 24.5 Å². The molecule has 0 saturated carbocycles. The molecule has 0 spiro atoms. The van der Waals surface area contributed by atoms with Gasteiger partial charge in [0.05, 0.1) is 23.8 Å². The number of primary amides is 1. The molecule has 2 amide bonds. The van der Waals surface area contributed by atoms with E-state index in [2.05, 4.69) is 16.9 Å². The molecule has 206 valence electrons. The summed E-state index contributed by atoms with van der Waals surface area (Å²) in [7, 11) is 0. The molecule has 39 heavy (non-hydrogen) atoms. The van der Waals surface area contributed by atoms with Gasteiger partial charge in [-0.1, -0.05) is 18.1 Å². The molecule has 0 aliphatic carbocycles. The standard InChI is InChI=1S/C27H30F3N7O2/c1-3-7-22(38)35-12-5-10-20(11-6-13-35)37-25(31)23(26(32)39)24(34-37)21-16-36(33-17(21)2)15-18-8-4-9-19(14-18)27(28,29)30/h4,8-9,14,16,20H,5-6,10-13,15,31H2,1-2H3,(H2,32,39). The Morgan fingerprint density at radius 3 is 2.46 bits per heavy atom. The van der Waals surface area contributed by atoms with Gasteiger partial charge in [0.25, 0.3) is 11.8 Å². The topological polar surface area (TPSA) is 125 Å². The van der Waals surface area contributed by atoms with Crippen LogP contribution in [-0.4, -0.2) is 49.4 Å². The summed E-state index contributed by atoms with van der Waals surface area (Å²) in [6.45, 7) is 4.55. The number of nitrogens with two attached hydrogens (primary N) is 2. The lowest BCUT2D eigenvalue weighted by Gasteiger charge is -2.27. The van der Waals surface area contributed by atoms with E-state index in [1.54, 1.807) is 35.7 Å². The van der Waals surface area contributed by atoms with Crippen molar-refractivity contribution in [2.24, 2.45) is 5.73 Å². The van der Waals surface area contributed by atoms with Crippen LogP contribution >= 0.6 is 0 Å². The number of amides is 2. The van der Waals surface area contributed by atoms with Crippen LogP contribution in [0.25, 0.3) is 11.3 Å². The number of carbonyl (C=O) groups excluding carboxylic acids is 2. The van der Waals surface area contributed by atoms with Gasteiger partial charge in [0.2, 0.25) is 0 Å². The third-order valence-electron chi connectivity index (χ3n) is 6.79. The van der Waals surface area contributed by atoms with Gasteiger partial charge in [-0.2, -0.15) is 23.4 Å². The Labute approximate surface area is 223 Å². The van der Waals surface area contributed by atoms with Crippen molar-refractivity contribution in [3.05, 3.63) is 52.8 Å². The van der Waals surface area contributed by atoms with E-state index in [9.17, 15) is 22.8 Å². The summed E-state index contributed by atoms with van der Waals surface area (Å²) >= 11 is 0. The number of aromatic nitrogens is 4. The molecule has 1 aliphatic heterocycles. The maximum Gasteiger partial charge on any atom is 0.416 e. The van der Waals surface area contributed by atoms with Gasteiger partial charge >= 0.3 is 6.18 Å². The lowest BCUT2D eigenvalue weighted by Crippen LogP contribution is -2.34. The minimum Gasteiger partial charge on any atom is -0.383 e. The lowest BCUT2D eigenvalue weighted by atomic mass is 10.0. The van der Waals surface area contributed by atoms with Crippen LogP contribution in [0.5, 0.6) is 0 Å². The molecule has 0 atom stereocenters. The number of nitrogens with zero attached hydrogens (tertiary/aromatic N) is 5. The Kier molecular flexibility index (Phi) is 7.99. The Morgan fingerprint density at radius 2 is 1.85 bits per heavy atom. The number of anilines is 1. The molecule has 3 heterocycles. The van der Waals surface area contributed by atoms with Crippen molar-refractivity contribution in [3.63, 3.8) is 0 Å². The molecule has 1 saturated heterocycles. The van der Waals surface area contributed by atoms with Gasteiger partial charge in [-0.25, -0.2) is 4.68 Å². The second-order valence-corrected chi connectivity index (χ2v) is 9.55. The monoisotopic (exact) mass is 541 g/mol. The van der Waals surface area contributed by atoms with Crippen molar-refractivity contribution in [2.45, 2.75) is 58.3 Å². The van der Waals surface area contributed by atoms with Crippen LogP contribution in [0.4, 0.5) is 19.0 Å². The fraction of sp³-hybridized carbons (Fsp3) is 0.407. The maximum absolute atomic E-state index is 13.1. The Bertz CT molecular complexity index is 1440. The van der Waals surface area contributed by atoms with Crippen molar-refractivity contribution >= 4 is 17.6 Å². The van der Waals surface area contributed by atoms with Crippen molar-refractivity contribution in [1.29, 1.82) is 0 Å². The molecule has 12 heteroatoms. The molecule has 1 aliphatic rings. The highest BCUT2D eigenvalue weighted by atomic mass is 19.4. The average molecular weight is 542 g/mol. The van der Waals surface area contributed by atoms with Gasteiger partial charge in [-0.15, -0.1) is 0 Å². The number of hydrogen-bond donors (Lipinski definition) is 2. The Balaban J connectivity index is 1.60. The summed E-state index contributed by atoms with van der Waals surface area (Å²) in [6, 6.07) is 4.93. The number of alkyl halides is 3. The van der Waals surface area contributed by atoms with Crippen molar-refractivity contribution < 1.29 is 22.8 Å². The van der Waals surface area contributed by atoms with E-state index >= 15 is 0 Å². The van der Waals surface area contributed by atoms with Crippen LogP contribution in [-0.2, 0) is 17.5 Å². The normalized spacial score (nSPS) is 14.8. The Hall–Kier alpha value is -4.27. The molecule has 4 rings (SSSR count). The summed E-state index contributed by atoms with van der Waals surface area (Å²) in [4.78, 5) is 26.4. The van der Waals surface area contributed by atoms with Crippen molar-refractivity contribution in [3.8, 4) is 23.1 Å². The van der Waals surface area contributed by atoms with Gasteiger partial charge in [0.1, 0.15) is 17.1 Å². The zero-order valence-electron chi connectivity index (χ0n) is 21.8. The van der Waals surface area contributed by atoms with Crippen LogP contribution in [0.2, 0.25) is 0 Å². The van der Waals surface area contributed by atoms with E-state index in [4.69, 9.17) is 16.6 Å². The van der Waals surface area contributed by atoms with Crippen molar-refractivity contribution in [2.75, 3.05) is 18.8 Å². The van der Waals surface area contributed by atoms with Gasteiger partial charge < -0.3 is 16.4 Å². The fourth-order valence-electron chi connectivity index (χ4n) is 4.95. The number of aryl methyl sites for hydroxylation is 1. The number of halogens is 3. The average Bonchev–Trinajstić information content (AvgIpc) is 3.37. The van der Waals surface area contributed by atoms with E-state index in [0.29, 0.717) is 55.6 Å². The van der Waals surface area contributed by atoms with Gasteiger partial charge in [0.15, 0.2) is 0 Å². The Morgan fingerprint density at radius 1 is 1.15 bits per heavy atom. The number of nitrogen functional groups attached to an aromatic ring is 1. The number of likely N-dealkylation sites (tertiary alicyclic amines) is 1. The summed E-state index contributed by atoms with van der Waals surface area (Å²) in [5.74, 6) is 4.44. The smallest absolute Gasteiger partial charge is 0.383 e. The molecule has 9 nitrogen and oxygen atoms in total. The molecule has 2 aromatic heterocycles. The molecular weight excluding hydrogens is 511 g/mol.